The van der Waals surface area contributed by atoms with Gasteiger partial charge in [-0.15, -0.1) is 0 Å². The summed E-state index contributed by atoms with van der Waals surface area (Å²) in [5, 5.41) is 6.63. The van der Waals surface area contributed by atoms with Crippen molar-refractivity contribution < 1.29 is 0 Å². The molecule has 4 rings (SSSR count). The third-order valence-electron chi connectivity index (χ3n) is 3.25. The Hall–Kier alpha value is -2.75. The first-order valence-corrected chi connectivity index (χ1v) is 6.05. The number of benzene rings is 1. The van der Waals surface area contributed by atoms with E-state index in [2.05, 4.69) is 27.2 Å². The van der Waals surface area contributed by atoms with Crippen molar-refractivity contribution in [3.8, 4) is 11.1 Å². The highest BCUT2D eigenvalue weighted by atomic mass is 15.2. The van der Waals surface area contributed by atoms with Crippen LogP contribution in [-0.2, 0) is 0 Å². The lowest BCUT2D eigenvalue weighted by molar-refractivity contribution is 0.939. The van der Waals surface area contributed by atoms with Crippen molar-refractivity contribution in [3.63, 3.8) is 0 Å². The van der Waals surface area contributed by atoms with Crippen LogP contribution in [-0.4, -0.2) is 19.6 Å². The van der Waals surface area contributed by atoms with Gasteiger partial charge in [0.2, 0.25) is 0 Å². The van der Waals surface area contributed by atoms with Gasteiger partial charge in [-0.2, -0.15) is 5.10 Å². The average molecular weight is 246 g/mol. The summed E-state index contributed by atoms with van der Waals surface area (Å²) in [7, 11) is 0. The Morgan fingerprint density at radius 3 is 2.89 bits per heavy atom. The van der Waals surface area contributed by atoms with E-state index in [0.717, 1.165) is 27.5 Å². The number of nitrogens with zero attached hydrogens (tertiary/aromatic N) is 4. The second kappa shape index (κ2) is 3.88. The lowest BCUT2D eigenvalue weighted by atomic mass is 10.0. The van der Waals surface area contributed by atoms with Crippen LogP contribution in [0.3, 0.4) is 0 Å². The zero-order valence-electron chi connectivity index (χ0n) is 10.1. The van der Waals surface area contributed by atoms with E-state index in [0.29, 0.717) is 0 Å². The van der Waals surface area contributed by atoms with Crippen LogP contribution in [0.5, 0.6) is 0 Å². The fraction of sp³-hybridized carbons (Fsp3) is 0. The monoisotopic (exact) mass is 246 g/mol. The topological polar surface area (TPSA) is 43.1 Å². The molecule has 4 nitrogen and oxygen atoms in total. The first-order valence-electron chi connectivity index (χ1n) is 6.05. The highest BCUT2D eigenvalue weighted by molar-refractivity contribution is 5.98. The fourth-order valence-electron chi connectivity index (χ4n) is 2.37. The second-order valence-electron chi connectivity index (χ2n) is 4.35. The van der Waals surface area contributed by atoms with Gasteiger partial charge in [0, 0.05) is 35.7 Å². The van der Waals surface area contributed by atoms with Crippen LogP contribution in [0, 0.1) is 0 Å². The Bertz CT molecular complexity index is 874. The van der Waals surface area contributed by atoms with Crippen molar-refractivity contribution in [3.05, 3.63) is 61.3 Å². The number of hydrogen-bond donors (Lipinski definition) is 0. The molecule has 0 aliphatic carbocycles. The number of pyridine rings is 1. The molecule has 0 N–H and O–H groups in total. The molecule has 0 unspecified atom stereocenters. The number of hydrogen-bond acceptors (Lipinski definition) is 3. The molecule has 1 aromatic carbocycles. The normalized spacial score (nSPS) is 11.2. The summed E-state index contributed by atoms with van der Waals surface area (Å²) in [5.41, 5.74) is 3.04. The van der Waals surface area contributed by atoms with Gasteiger partial charge in [-0.3, -0.25) is 4.98 Å². The standard InChI is InChI=1S/C15H10N4/c1-3-11-9-16-7-5-12(11)13(4-1)14-10-18-19-8-2-6-17-15(14)19/h1-10H. The van der Waals surface area contributed by atoms with E-state index in [9.17, 15) is 0 Å². The van der Waals surface area contributed by atoms with Crippen molar-refractivity contribution in [1.29, 1.82) is 0 Å². The molecule has 0 amide bonds. The molecule has 0 aliphatic heterocycles. The number of fused-ring (bicyclic) bond motifs is 2. The summed E-state index contributed by atoms with van der Waals surface area (Å²) in [5.74, 6) is 0. The van der Waals surface area contributed by atoms with E-state index in [1.807, 2.05) is 43.0 Å². The van der Waals surface area contributed by atoms with Crippen LogP contribution in [0.2, 0.25) is 0 Å². The van der Waals surface area contributed by atoms with Gasteiger partial charge >= 0.3 is 0 Å². The van der Waals surface area contributed by atoms with Crippen molar-refractivity contribution in [1.82, 2.24) is 19.6 Å². The minimum Gasteiger partial charge on any atom is -0.264 e. The summed E-state index contributed by atoms with van der Waals surface area (Å²) in [6, 6.07) is 10.1. The molecule has 0 radical (unpaired) electrons. The third kappa shape index (κ3) is 1.50. The average Bonchev–Trinajstić information content (AvgIpc) is 2.90. The minimum absolute atomic E-state index is 0.867. The van der Waals surface area contributed by atoms with Gasteiger partial charge in [-0.25, -0.2) is 9.50 Å². The molecule has 0 bridgehead atoms. The Morgan fingerprint density at radius 1 is 0.895 bits per heavy atom. The van der Waals surface area contributed by atoms with E-state index >= 15 is 0 Å². The van der Waals surface area contributed by atoms with Gasteiger partial charge in [0.05, 0.1) is 6.20 Å². The Labute approximate surface area is 109 Å². The predicted molar refractivity (Wildman–Crippen MR) is 73.7 cm³/mol. The highest BCUT2D eigenvalue weighted by Crippen LogP contribution is 2.29. The van der Waals surface area contributed by atoms with E-state index in [4.69, 9.17) is 0 Å². The van der Waals surface area contributed by atoms with Crippen LogP contribution in [0.25, 0.3) is 27.5 Å². The lowest BCUT2D eigenvalue weighted by Crippen LogP contribution is -1.88. The van der Waals surface area contributed by atoms with E-state index in [1.165, 1.54) is 0 Å². The summed E-state index contributed by atoms with van der Waals surface area (Å²) >= 11 is 0. The van der Waals surface area contributed by atoms with Crippen molar-refractivity contribution >= 4 is 16.4 Å². The Morgan fingerprint density at radius 2 is 1.89 bits per heavy atom. The first kappa shape index (κ1) is 10.2. The van der Waals surface area contributed by atoms with E-state index < -0.39 is 0 Å². The van der Waals surface area contributed by atoms with Crippen LogP contribution in [0.15, 0.2) is 61.3 Å². The molecular formula is C15H10N4. The van der Waals surface area contributed by atoms with Crippen LogP contribution >= 0.6 is 0 Å². The third-order valence-corrected chi connectivity index (χ3v) is 3.25. The maximum absolute atomic E-state index is 4.41. The van der Waals surface area contributed by atoms with Gasteiger partial charge in [-0.05, 0) is 23.1 Å². The van der Waals surface area contributed by atoms with E-state index in [-0.39, 0.29) is 0 Å². The van der Waals surface area contributed by atoms with E-state index in [1.54, 1.807) is 10.7 Å². The molecule has 0 fully saturated rings. The second-order valence-corrected chi connectivity index (χ2v) is 4.35. The largest absolute Gasteiger partial charge is 0.264 e. The fourth-order valence-corrected chi connectivity index (χ4v) is 2.37. The Kier molecular flexibility index (Phi) is 2.08. The van der Waals surface area contributed by atoms with Gasteiger partial charge in [0.15, 0.2) is 5.65 Å². The first-order chi connectivity index (χ1) is 9.43. The molecule has 0 atom stereocenters. The molecule has 4 aromatic rings. The van der Waals surface area contributed by atoms with Crippen molar-refractivity contribution in [2.24, 2.45) is 0 Å². The predicted octanol–water partition coefficient (Wildman–Crippen LogP) is 2.94. The summed E-state index contributed by atoms with van der Waals surface area (Å²) < 4.78 is 1.79. The van der Waals surface area contributed by atoms with Crippen molar-refractivity contribution in [2.45, 2.75) is 0 Å². The van der Waals surface area contributed by atoms with Gasteiger partial charge < -0.3 is 0 Å². The molecule has 3 aromatic heterocycles. The molecule has 0 saturated carbocycles. The lowest BCUT2D eigenvalue weighted by Gasteiger charge is -2.04. The maximum atomic E-state index is 4.41. The summed E-state index contributed by atoms with van der Waals surface area (Å²) in [4.78, 5) is 8.57. The molecule has 3 heterocycles. The smallest absolute Gasteiger partial charge is 0.162 e. The Balaban J connectivity index is 2.10. The van der Waals surface area contributed by atoms with Gasteiger partial charge in [-0.1, -0.05) is 18.2 Å². The molecule has 0 saturated heterocycles. The van der Waals surface area contributed by atoms with Crippen LogP contribution in [0.4, 0.5) is 0 Å². The maximum Gasteiger partial charge on any atom is 0.162 e. The van der Waals surface area contributed by atoms with Gasteiger partial charge in [0.1, 0.15) is 0 Å². The molecule has 90 valence electrons. The van der Waals surface area contributed by atoms with Crippen LogP contribution in [0.1, 0.15) is 0 Å². The SMILES string of the molecule is c1cc(-c2cnn3cccnc23)c2ccncc2c1. The molecular weight excluding hydrogens is 236 g/mol. The minimum atomic E-state index is 0.867. The summed E-state index contributed by atoms with van der Waals surface area (Å²) in [6.45, 7) is 0. The molecule has 0 aliphatic rings. The zero-order valence-corrected chi connectivity index (χ0v) is 10.1. The quantitative estimate of drug-likeness (QED) is 0.518. The molecule has 19 heavy (non-hydrogen) atoms. The molecule has 4 heteroatoms. The zero-order chi connectivity index (χ0) is 12.7. The van der Waals surface area contributed by atoms with Crippen LogP contribution < -0.4 is 0 Å². The highest BCUT2D eigenvalue weighted by Gasteiger charge is 2.10. The van der Waals surface area contributed by atoms with Gasteiger partial charge in [0.25, 0.3) is 0 Å². The number of rotatable bonds is 1. The molecule has 0 spiro atoms. The number of aromatic nitrogens is 4. The van der Waals surface area contributed by atoms with Crippen molar-refractivity contribution in [2.75, 3.05) is 0 Å². The summed E-state index contributed by atoms with van der Waals surface area (Å²) in [6.07, 6.45) is 9.23.